The smallest absolute Gasteiger partial charge is 0.301 e. The molecule has 152 valence electrons. The average molecular weight is 419 g/mol. The first-order valence-corrected chi connectivity index (χ1v) is 9.49. The lowest BCUT2D eigenvalue weighted by atomic mass is 9.83. The number of nitrogens with zero attached hydrogens (tertiary/aromatic N) is 3. The van der Waals surface area contributed by atoms with Crippen LogP contribution in [0.15, 0.2) is 35.4 Å². The summed E-state index contributed by atoms with van der Waals surface area (Å²) < 4.78 is 0. The van der Waals surface area contributed by atoms with Gasteiger partial charge in [0.15, 0.2) is 0 Å². The Labute approximate surface area is 171 Å². The van der Waals surface area contributed by atoms with Gasteiger partial charge in [-0.25, -0.2) is 0 Å². The minimum absolute atomic E-state index is 0.00845. The van der Waals surface area contributed by atoms with E-state index >= 15 is 0 Å². The van der Waals surface area contributed by atoms with Gasteiger partial charge in [-0.3, -0.25) is 25.7 Å². The normalized spacial score (nSPS) is 14.8. The van der Waals surface area contributed by atoms with Crippen molar-refractivity contribution >= 4 is 34.9 Å². The number of hydrogen-bond acceptors (Lipinski definition) is 7. The van der Waals surface area contributed by atoms with Gasteiger partial charge < -0.3 is 5.11 Å². The summed E-state index contributed by atoms with van der Waals surface area (Å²) in [6.07, 6.45) is 6.96. The van der Waals surface area contributed by atoms with Crippen molar-refractivity contribution in [1.29, 1.82) is 0 Å². The Hall–Kier alpha value is -3.20. The molecule has 2 aromatic carbocycles. The molecule has 0 amide bonds. The van der Waals surface area contributed by atoms with Crippen LogP contribution in [0.2, 0.25) is 5.02 Å². The van der Waals surface area contributed by atoms with E-state index in [2.05, 4.69) is 10.5 Å². The molecule has 0 atom stereocenters. The summed E-state index contributed by atoms with van der Waals surface area (Å²) in [6, 6.07) is 6.78. The number of nitrogens with one attached hydrogen (secondary N) is 1. The number of aromatic hydroxyl groups is 1. The summed E-state index contributed by atoms with van der Waals surface area (Å²) in [5.74, 6) is 0.243. The van der Waals surface area contributed by atoms with Crippen LogP contribution in [0.3, 0.4) is 0 Å². The zero-order valence-electron chi connectivity index (χ0n) is 15.4. The third kappa shape index (κ3) is 4.80. The number of non-ortho nitro benzene ring substituents is 1. The molecular weight excluding hydrogens is 400 g/mol. The number of nitro benzene ring substituents is 2. The average Bonchev–Trinajstić information content (AvgIpc) is 2.71. The van der Waals surface area contributed by atoms with E-state index in [0.717, 1.165) is 43.4 Å². The molecule has 1 saturated carbocycles. The van der Waals surface area contributed by atoms with Crippen molar-refractivity contribution in [2.24, 2.45) is 5.10 Å². The van der Waals surface area contributed by atoms with E-state index in [9.17, 15) is 25.3 Å². The van der Waals surface area contributed by atoms with Gasteiger partial charge in [-0.15, -0.1) is 0 Å². The van der Waals surface area contributed by atoms with E-state index in [1.807, 2.05) is 6.07 Å². The van der Waals surface area contributed by atoms with Gasteiger partial charge in [0.2, 0.25) is 0 Å². The Morgan fingerprint density at radius 3 is 2.48 bits per heavy atom. The Balaban J connectivity index is 1.84. The summed E-state index contributed by atoms with van der Waals surface area (Å²) in [5.41, 5.74) is 3.04. The molecule has 9 nitrogen and oxygen atoms in total. The van der Waals surface area contributed by atoms with Crippen LogP contribution in [0.1, 0.15) is 49.1 Å². The van der Waals surface area contributed by atoms with E-state index in [1.54, 1.807) is 6.07 Å². The highest BCUT2D eigenvalue weighted by atomic mass is 35.5. The number of benzene rings is 2. The third-order valence-corrected chi connectivity index (χ3v) is 5.26. The number of rotatable bonds is 6. The monoisotopic (exact) mass is 418 g/mol. The van der Waals surface area contributed by atoms with E-state index < -0.39 is 21.2 Å². The minimum atomic E-state index is -0.733. The molecular formula is C19H19ClN4O5. The largest absolute Gasteiger partial charge is 0.506 e. The molecule has 0 radical (unpaired) electrons. The SMILES string of the molecule is O=[N+]([O-])c1ccc(N/N=C\c2cc(C3CCCCC3)cc(Cl)c2O)c([N+](=O)[O-])c1. The van der Waals surface area contributed by atoms with Crippen molar-refractivity contribution in [3.05, 3.63) is 66.7 Å². The molecule has 0 unspecified atom stereocenters. The van der Waals surface area contributed by atoms with Crippen LogP contribution in [-0.4, -0.2) is 21.2 Å². The predicted octanol–water partition coefficient (Wildman–Crippen LogP) is 5.36. The highest BCUT2D eigenvalue weighted by Crippen LogP contribution is 2.37. The summed E-state index contributed by atoms with van der Waals surface area (Å²) in [4.78, 5) is 20.5. The third-order valence-electron chi connectivity index (χ3n) is 4.97. The van der Waals surface area contributed by atoms with E-state index in [0.29, 0.717) is 11.5 Å². The van der Waals surface area contributed by atoms with Crippen molar-refractivity contribution in [3.8, 4) is 5.75 Å². The minimum Gasteiger partial charge on any atom is -0.506 e. The van der Waals surface area contributed by atoms with Crippen LogP contribution in [-0.2, 0) is 0 Å². The molecule has 2 aromatic rings. The maximum absolute atomic E-state index is 11.2. The molecule has 10 heteroatoms. The first-order valence-electron chi connectivity index (χ1n) is 9.11. The highest BCUT2D eigenvalue weighted by molar-refractivity contribution is 6.32. The van der Waals surface area contributed by atoms with Crippen LogP contribution in [0.25, 0.3) is 0 Å². The molecule has 0 spiro atoms. The van der Waals surface area contributed by atoms with Gasteiger partial charge in [0.1, 0.15) is 11.4 Å². The summed E-state index contributed by atoms with van der Waals surface area (Å²) >= 11 is 6.16. The Morgan fingerprint density at radius 2 is 1.83 bits per heavy atom. The molecule has 1 fully saturated rings. The molecule has 1 aliphatic carbocycles. The second-order valence-corrected chi connectivity index (χ2v) is 7.27. The van der Waals surface area contributed by atoms with Crippen LogP contribution >= 0.6 is 11.6 Å². The van der Waals surface area contributed by atoms with Crippen LogP contribution in [0.4, 0.5) is 17.1 Å². The molecule has 1 aliphatic rings. The molecule has 3 rings (SSSR count). The van der Waals surface area contributed by atoms with Crippen molar-refractivity contribution < 1.29 is 15.0 Å². The van der Waals surface area contributed by atoms with E-state index in [4.69, 9.17) is 11.6 Å². The number of phenols is 1. The molecule has 2 N–H and O–H groups in total. The summed E-state index contributed by atoms with van der Waals surface area (Å²) in [6.45, 7) is 0. The van der Waals surface area contributed by atoms with Crippen molar-refractivity contribution in [2.75, 3.05) is 5.43 Å². The molecule has 29 heavy (non-hydrogen) atoms. The van der Waals surface area contributed by atoms with E-state index in [1.165, 1.54) is 18.7 Å². The number of hydrogen-bond donors (Lipinski definition) is 2. The molecule has 0 heterocycles. The second-order valence-electron chi connectivity index (χ2n) is 6.86. The van der Waals surface area contributed by atoms with Crippen molar-refractivity contribution in [3.63, 3.8) is 0 Å². The van der Waals surface area contributed by atoms with Gasteiger partial charge in [0.25, 0.3) is 5.69 Å². The maximum Gasteiger partial charge on any atom is 0.301 e. The summed E-state index contributed by atoms with van der Waals surface area (Å²) in [7, 11) is 0. The number of halogens is 1. The second kappa shape index (κ2) is 8.87. The zero-order valence-corrected chi connectivity index (χ0v) is 16.1. The maximum atomic E-state index is 11.2. The van der Waals surface area contributed by atoms with E-state index in [-0.39, 0.29) is 16.5 Å². The lowest BCUT2D eigenvalue weighted by molar-refractivity contribution is -0.393. The van der Waals surface area contributed by atoms with Gasteiger partial charge in [0.05, 0.1) is 27.2 Å². The first kappa shape index (κ1) is 20.5. The molecule has 0 bridgehead atoms. The van der Waals surface area contributed by atoms with Crippen LogP contribution in [0.5, 0.6) is 5.75 Å². The van der Waals surface area contributed by atoms with Gasteiger partial charge in [-0.05, 0) is 42.5 Å². The first-order chi connectivity index (χ1) is 13.9. The number of nitro groups is 2. The van der Waals surface area contributed by atoms with Crippen molar-refractivity contribution in [2.45, 2.75) is 38.0 Å². The number of hydrazone groups is 1. The quantitative estimate of drug-likeness (QED) is 0.369. The fraction of sp³-hybridized carbons (Fsp3) is 0.316. The number of anilines is 1. The van der Waals surface area contributed by atoms with Gasteiger partial charge in [-0.2, -0.15) is 5.10 Å². The van der Waals surface area contributed by atoms with Gasteiger partial charge >= 0.3 is 5.69 Å². The Bertz CT molecular complexity index is 973. The fourth-order valence-corrected chi connectivity index (χ4v) is 3.70. The van der Waals surface area contributed by atoms with Crippen LogP contribution < -0.4 is 5.43 Å². The van der Waals surface area contributed by atoms with Gasteiger partial charge in [-0.1, -0.05) is 30.9 Å². The lowest BCUT2D eigenvalue weighted by Gasteiger charge is -2.22. The zero-order chi connectivity index (χ0) is 21.0. The highest BCUT2D eigenvalue weighted by Gasteiger charge is 2.20. The Morgan fingerprint density at radius 1 is 1.10 bits per heavy atom. The van der Waals surface area contributed by atoms with Gasteiger partial charge in [0, 0.05) is 11.6 Å². The molecule has 0 aromatic heterocycles. The molecule has 0 saturated heterocycles. The lowest BCUT2D eigenvalue weighted by Crippen LogP contribution is -2.05. The standard InChI is InChI=1S/C19H19ClN4O5/c20-16-9-13(12-4-2-1-3-5-12)8-14(19(16)25)11-21-22-17-7-6-15(23(26)27)10-18(17)24(28)29/h6-12,22,25H,1-5H2/b21-11-. The topological polar surface area (TPSA) is 131 Å². The fourth-order valence-electron chi connectivity index (χ4n) is 3.46. The molecule has 0 aliphatic heterocycles. The number of phenolic OH excluding ortho intramolecular Hbond substituents is 1. The predicted molar refractivity (Wildman–Crippen MR) is 110 cm³/mol. The summed E-state index contributed by atoms with van der Waals surface area (Å²) in [5, 5.41) is 36.4. The van der Waals surface area contributed by atoms with Crippen molar-refractivity contribution in [1.82, 2.24) is 0 Å². The Kier molecular flexibility index (Phi) is 6.28. The van der Waals surface area contributed by atoms with Crippen LogP contribution in [0, 0.1) is 20.2 Å².